The first kappa shape index (κ1) is 20.1. The Labute approximate surface area is 165 Å². The van der Waals surface area contributed by atoms with Crippen LogP contribution in [-0.2, 0) is 16.1 Å². The lowest BCUT2D eigenvalue weighted by Crippen LogP contribution is -2.47. The first-order chi connectivity index (χ1) is 12.8. The van der Waals surface area contributed by atoms with Crippen LogP contribution in [-0.4, -0.2) is 54.2 Å². The number of hydrogen-bond donors (Lipinski definition) is 1. The Morgan fingerprint density at radius 2 is 2.15 bits per heavy atom. The average molecular weight is 395 g/mol. The minimum Gasteiger partial charge on any atom is -0.374 e. The number of benzene rings is 1. The van der Waals surface area contributed by atoms with Crippen LogP contribution in [0.25, 0.3) is 0 Å². The molecule has 0 bridgehead atoms. The van der Waals surface area contributed by atoms with Crippen LogP contribution >= 0.6 is 21.6 Å². The number of unbranched alkanes of at least 4 members (excludes halogenated alkanes) is 1. The molecule has 2 unspecified atom stereocenters. The van der Waals surface area contributed by atoms with Crippen LogP contribution in [0.2, 0.25) is 0 Å². The smallest absolute Gasteiger partial charge is 0.220 e. The Morgan fingerprint density at radius 3 is 2.96 bits per heavy atom. The van der Waals surface area contributed by atoms with E-state index in [1.807, 2.05) is 27.7 Å². The maximum absolute atomic E-state index is 12.1. The van der Waals surface area contributed by atoms with Gasteiger partial charge in [0.05, 0.1) is 12.7 Å². The zero-order valence-corrected chi connectivity index (χ0v) is 17.0. The van der Waals surface area contributed by atoms with Gasteiger partial charge in [0.25, 0.3) is 0 Å². The van der Waals surface area contributed by atoms with Crippen LogP contribution in [0.1, 0.15) is 37.7 Å². The highest BCUT2D eigenvalue weighted by Crippen LogP contribution is 2.39. The van der Waals surface area contributed by atoms with Crippen LogP contribution in [0.4, 0.5) is 0 Å². The fraction of sp³-hybridized carbons (Fsp3) is 0.650. The minimum atomic E-state index is 0.100. The summed E-state index contributed by atoms with van der Waals surface area (Å²) >= 11 is 0. The molecule has 0 saturated carbocycles. The first-order valence-corrected chi connectivity index (χ1v) is 12.1. The molecule has 1 aromatic rings. The Hall–Kier alpha value is -0.690. The molecule has 1 N–H and O–H groups in total. The first-order valence-electron chi connectivity index (χ1n) is 9.72. The molecule has 6 heteroatoms. The van der Waals surface area contributed by atoms with Crippen molar-refractivity contribution < 1.29 is 9.53 Å². The molecule has 0 spiro atoms. The van der Waals surface area contributed by atoms with Crippen molar-refractivity contribution in [2.24, 2.45) is 0 Å². The van der Waals surface area contributed by atoms with E-state index in [2.05, 4.69) is 34.5 Å². The molecule has 2 aliphatic rings. The number of nitrogens with zero attached hydrogens (tertiary/aromatic N) is 1. The second-order valence-corrected chi connectivity index (χ2v) is 9.88. The Balaban J connectivity index is 1.27. The molecule has 2 aliphatic heterocycles. The monoisotopic (exact) mass is 394 g/mol. The summed E-state index contributed by atoms with van der Waals surface area (Å²) in [6, 6.07) is 10.5. The summed E-state index contributed by atoms with van der Waals surface area (Å²) in [5, 5.41) is 3.88. The maximum Gasteiger partial charge on any atom is 0.220 e. The molecule has 26 heavy (non-hydrogen) atoms. The highest BCUT2D eigenvalue weighted by Gasteiger charge is 2.21. The van der Waals surface area contributed by atoms with Gasteiger partial charge in [-0.05, 0) is 24.8 Å². The normalized spacial score (nSPS) is 23.8. The number of carbonyl (C=O) groups is 1. The van der Waals surface area contributed by atoms with E-state index >= 15 is 0 Å². The van der Waals surface area contributed by atoms with E-state index in [0.29, 0.717) is 13.0 Å². The Kier molecular flexibility index (Phi) is 8.66. The fourth-order valence-corrected chi connectivity index (χ4v) is 6.45. The fourth-order valence-electron chi connectivity index (χ4n) is 3.43. The number of hydrogen-bond acceptors (Lipinski definition) is 5. The van der Waals surface area contributed by atoms with Crippen LogP contribution < -0.4 is 5.32 Å². The summed E-state index contributed by atoms with van der Waals surface area (Å²) in [6.07, 6.45) is 5.49. The second kappa shape index (κ2) is 11.2. The molecule has 2 fully saturated rings. The minimum absolute atomic E-state index is 0.100. The van der Waals surface area contributed by atoms with Crippen LogP contribution in [0.5, 0.6) is 0 Å². The third-order valence-corrected chi connectivity index (χ3v) is 7.91. The number of carbonyl (C=O) groups excluding carboxylic acids is 1. The predicted molar refractivity (Wildman–Crippen MR) is 111 cm³/mol. The molecular weight excluding hydrogens is 364 g/mol. The molecule has 2 heterocycles. The maximum atomic E-state index is 12.1. The lowest BCUT2D eigenvalue weighted by molar-refractivity contribution is -0.122. The topological polar surface area (TPSA) is 41.6 Å². The van der Waals surface area contributed by atoms with E-state index in [9.17, 15) is 4.79 Å². The molecule has 2 atom stereocenters. The van der Waals surface area contributed by atoms with Crippen molar-refractivity contribution in [3.63, 3.8) is 0 Å². The quantitative estimate of drug-likeness (QED) is 0.511. The molecule has 2 saturated heterocycles. The number of nitrogens with one attached hydrogen (secondary N) is 1. The average Bonchev–Trinajstić information content (AvgIpc) is 3.18. The molecule has 0 radical (unpaired) electrons. The van der Waals surface area contributed by atoms with Crippen molar-refractivity contribution in [3.8, 4) is 0 Å². The standard InChI is InChI=1S/C20H30N2O2S2/c23-20(9-5-4-8-19-10-13-25-26-19)21-14-18-16-22(11-12-24-18)15-17-6-2-1-3-7-17/h1-3,6-7,18-19H,4-5,8-16H2,(H,21,23). The zero-order chi connectivity index (χ0) is 18.0. The summed E-state index contributed by atoms with van der Waals surface area (Å²) in [6.45, 7) is 4.15. The van der Waals surface area contributed by atoms with Gasteiger partial charge < -0.3 is 10.1 Å². The van der Waals surface area contributed by atoms with E-state index in [4.69, 9.17) is 4.74 Å². The van der Waals surface area contributed by atoms with Gasteiger partial charge in [-0.3, -0.25) is 9.69 Å². The van der Waals surface area contributed by atoms with Crippen molar-refractivity contribution >= 4 is 27.5 Å². The van der Waals surface area contributed by atoms with Crippen molar-refractivity contribution in [2.75, 3.05) is 32.0 Å². The van der Waals surface area contributed by atoms with E-state index in [1.165, 1.54) is 24.2 Å². The van der Waals surface area contributed by atoms with E-state index in [0.717, 1.165) is 44.3 Å². The van der Waals surface area contributed by atoms with Crippen molar-refractivity contribution in [2.45, 2.75) is 50.0 Å². The Bertz CT molecular complexity index is 538. The molecule has 144 valence electrons. The number of ether oxygens (including phenoxy) is 1. The molecule has 3 rings (SSSR count). The molecule has 4 nitrogen and oxygen atoms in total. The summed E-state index contributed by atoms with van der Waals surface area (Å²) in [4.78, 5) is 14.5. The third kappa shape index (κ3) is 7.14. The van der Waals surface area contributed by atoms with Gasteiger partial charge in [-0.1, -0.05) is 58.3 Å². The number of amides is 1. The summed E-state index contributed by atoms with van der Waals surface area (Å²) in [5.74, 6) is 1.46. The molecule has 1 aromatic carbocycles. The molecule has 0 aromatic heterocycles. The lowest BCUT2D eigenvalue weighted by Gasteiger charge is -2.33. The van der Waals surface area contributed by atoms with Crippen molar-refractivity contribution in [1.82, 2.24) is 10.2 Å². The van der Waals surface area contributed by atoms with Gasteiger partial charge in [0, 0.05) is 43.6 Å². The van der Waals surface area contributed by atoms with Gasteiger partial charge in [0.15, 0.2) is 0 Å². The molecule has 0 aliphatic carbocycles. The number of morpholine rings is 1. The van der Waals surface area contributed by atoms with Gasteiger partial charge in [0.1, 0.15) is 0 Å². The van der Waals surface area contributed by atoms with Gasteiger partial charge in [-0.25, -0.2) is 0 Å². The second-order valence-electron chi connectivity index (χ2n) is 7.09. The van der Waals surface area contributed by atoms with Gasteiger partial charge >= 0.3 is 0 Å². The highest BCUT2D eigenvalue weighted by molar-refractivity contribution is 8.77. The van der Waals surface area contributed by atoms with Crippen LogP contribution in [0, 0.1) is 0 Å². The van der Waals surface area contributed by atoms with Crippen molar-refractivity contribution in [1.29, 1.82) is 0 Å². The van der Waals surface area contributed by atoms with E-state index in [1.54, 1.807) is 0 Å². The van der Waals surface area contributed by atoms with E-state index < -0.39 is 0 Å². The predicted octanol–water partition coefficient (Wildman–Crippen LogP) is 3.72. The van der Waals surface area contributed by atoms with Crippen LogP contribution in [0.3, 0.4) is 0 Å². The van der Waals surface area contributed by atoms with Gasteiger partial charge in [-0.15, -0.1) is 0 Å². The third-order valence-electron chi connectivity index (χ3n) is 4.91. The summed E-state index contributed by atoms with van der Waals surface area (Å²) < 4.78 is 5.83. The summed E-state index contributed by atoms with van der Waals surface area (Å²) in [7, 11) is 4.02. The molecule has 1 amide bonds. The SMILES string of the molecule is O=C(CCCCC1CCSS1)NCC1CN(Cc2ccccc2)CCO1. The lowest BCUT2D eigenvalue weighted by atomic mass is 10.1. The number of rotatable bonds is 9. The van der Waals surface area contributed by atoms with Crippen molar-refractivity contribution in [3.05, 3.63) is 35.9 Å². The van der Waals surface area contributed by atoms with E-state index in [-0.39, 0.29) is 12.0 Å². The highest BCUT2D eigenvalue weighted by atomic mass is 33.1. The van der Waals surface area contributed by atoms with Gasteiger partial charge in [-0.2, -0.15) is 0 Å². The summed E-state index contributed by atoms with van der Waals surface area (Å²) in [5.41, 5.74) is 1.33. The molecular formula is C20H30N2O2S2. The van der Waals surface area contributed by atoms with Gasteiger partial charge in [0.2, 0.25) is 5.91 Å². The largest absolute Gasteiger partial charge is 0.374 e. The Morgan fingerprint density at radius 1 is 1.27 bits per heavy atom. The zero-order valence-electron chi connectivity index (χ0n) is 15.4. The van der Waals surface area contributed by atoms with Crippen LogP contribution in [0.15, 0.2) is 30.3 Å².